The molecule has 1 aromatic rings. The second kappa shape index (κ2) is 8.83. The van der Waals surface area contributed by atoms with Crippen molar-refractivity contribution in [3.8, 4) is 0 Å². The molecule has 0 radical (unpaired) electrons. The average Bonchev–Trinajstić information content (AvgIpc) is 2.58. The van der Waals surface area contributed by atoms with Gasteiger partial charge in [-0.15, -0.1) is 0 Å². The zero-order chi connectivity index (χ0) is 22.9. The molecule has 0 spiro atoms. The summed E-state index contributed by atoms with van der Waals surface area (Å²) in [6.07, 6.45) is -1.01. The van der Waals surface area contributed by atoms with E-state index in [1.165, 1.54) is 21.9 Å². The third-order valence-electron chi connectivity index (χ3n) is 4.26. The molecule has 0 bridgehead atoms. The third kappa shape index (κ3) is 6.35. The Morgan fingerprint density at radius 3 is 2.10 bits per heavy atom. The van der Waals surface area contributed by atoms with Crippen LogP contribution in [-0.4, -0.2) is 63.9 Å². The van der Waals surface area contributed by atoms with E-state index in [-0.39, 0.29) is 25.2 Å². The van der Waals surface area contributed by atoms with Crippen LogP contribution in [0.5, 0.6) is 0 Å². The van der Waals surface area contributed by atoms with Gasteiger partial charge in [-0.05, 0) is 65.3 Å². The molecule has 1 aliphatic heterocycles. The maximum absolute atomic E-state index is 12.9. The summed E-state index contributed by atoms with van der Waals surface area (Å²) in [5.41, 5.74) is -0.677. The fourth-order valence-electron chi connectivity index (χ4n) is 3.01. The van der Waals surface area contributed by atoms with E-state index in [1.54, 1.807) is 47.6 Å². The Bertz CT molecular complexity index is 828. The highest BCUT2D eigenvalue weighted by molar-refractivity contribution is 9.10. The lowest BCUT2D eigenvalue weighted by molar-refractivity contribution is -0.0153. The van der Waals surface area contributed by atoms with Crippen LogP contribution in [0.2, 0.25) is 0 Å². The van der Waals surface area contributed by atoms with Gasteiger partial charge in [0.25, 0.3) is 0 Å². The largest absolute Gasteiger partial charge is 0.478 e. The number of aromatic carboxylic acids is 1. The zero-order valence-electron chi connectivity index (χ0n) is 18.2. The minimum atomic E-state index is -1.08. The van der Waals surface area contributed by atoms with E-state index in [4.69, 9.17) is 9.47 Å². The number of nitrogens with zero attached hydrogens (tertiary/aromatic N) is 2. The molecule has 1 aliphatic rings. The van der Waals surface area contributed by atoms with Gasteiger partial charge in [0.05, 0.1) is 11.6 Å². The predicted molar refractivity (Wildman–Crippen MR) is 115 cm³/mol. The topological polar surface area (TPSA) is 96.4 Å². The lowest BCUT2D eigenvalue weighted by Crippen LogP contribution is -2.54. The summed E-state index contributed by atoms with van der Waals surface area (Å²) < 4.78 is 11.7. The minimum absolute atomic E-state index is 0.0896. The van der Waals surface area contributed by atoms with Crippen LogP contribution in [-0.2, 0) is 9.47 Å². The molecule has 30 heavy (non-hydrogen) atoms. The van der Waals surface area contributed by atoms with E-state index >= 15 is 0 Å². The minimum Gasteiger partial charge on any atom is -0.478 e. The van der Waals surface area contributed by atoms with Crippen molar-refractivity contribution in [2.45, 2.75) is 58.8 Å². The molecule has 1 heterocycles. The van der Waals surface area contributed by atoms with Crippen molar-refractivity contribution < 1.29 is 29.0 Å². The van der Waals surface area contributed by atoms with Gasteiger partial charge in [-0.1, -0.05) is 15.9 Å². The van der Waals surface area contributed by atoms with Crippen LogP contribution in [0.4, 0.5) is 9.59 Å². The fourth-order valence-corrected chi connectivity index (χ4v) is 3.52. The van der Waals surface area contributed by atoms with Crippen molar-refractivity contribution in [3.63, 3.8) is 0 Å². The molecule has 0 aliphatic carbocycles. The normalized spacial score (nSPS) is 17.5. The van der Waals surface area contributed by atoms with Crippen LogP contribution in [0.1, 0.15) is 63.5 Å². The van der Waals surface area contributed by atoms with Crippen LogP contribution in [0.3, 0.4) is 0 Å². The van der Waals surface area contributed by atoms with Gasteiger partial charge in [0.15, 0.2) is 0 Å². The number of piperazine rings is 1. The number of carbonyl (C=O) groups excluding carboxylic acids is 2. The van der Waals surface area contributed by atoms with Gasteiger partial charge in [0.1, 0.15) is 11.2 Å². The van der Waals surface area contributed by atoms with Gasteiger partial charge < -0.3 is 19.5 Å². The van der Waals surface area contributed by atoms with Crippen molar-refractivity contribution in [2.75, 3.05) is 19.6 Å². The zero-order valence-corrected chi connectivity index (χ0v) is 19.8. The Balaban J connectivity index is 2.41. The Morgan fingerprint density at radius 2 is 1.57 bits per heavy atom. The van der Waals surface area contributed by atoms with Gasteiger partial charge in [-0.25, -0.2) is 14.4 Å². The molecule has 8 nitrogen and oxygen atoms in total. The smallest absolute Gasteiger partial charge is 0.410 e. The number of hydrogen-bond donors (Lipinski definition) is 1. The highest BCUT2D eigenvalue weighted by Crippen LogP contribution is 2.33. The number of rotatable bonds is 2. The second-order valence-electron chi connectivity index (χ2n) is 9.16. The molecule has 2 amide bonds. The van der Waals surface area contributed by atoms with E-state index < -0.39 is 35.4 Å². The van der Waals surface area contributed by atoms with E-state index in [9.17, 15) is 19.5 Å². The van der Waals surface area contributed by atoms with Crippen LogP contribution in [0, 0.1) is 0 Å². The number of halogens is 1. The third-order valence-corrected chi connectivity index (χ3v) is 4.98. The lowest BCUT2D eigenvalue weighted by Gasteiger charge is -2.42. The van der Waals surface area contributed by atoms with Gasteiger partial charge in [-0.3, -0.25) is 4.90 Å². The SMILES string of the molecule is CC(C)(C)OC(=O)N1CCN(C(=O)OC(C)(C)C)C(c2cc(C(=O)O)ccc2Br)C1. The number of ether oxygens (including phenoxy) is 2. The van der Waals surface area contributed by atoms with Crippen molar-refractivity contribution in [1.29, 1.82) is 0 Å². The van der Waals surface area contributed by atoms with Crippen LogP contribution < -0.4 is 0 Å². The monoisotopic (exact) mass is 484 g/mol. The molecule has 9 heteroatoms. The fraction of sp³-hybridized carbons (Fsp3) is 0.571. The summed E-state index contributed by atoms with van der Waals surface area (Å²) in [6, 6.07) is 4.00. The molecule has 1 saturated heterocycles. The average molecular weight is 485 g/mol. The van der Waals surface area contributed by atoms with Crippen molar-refractivity contribution in [1.82, 2.24) is 9.80 Å². The number of carboxylic acid groups (broad SMARTS) is 1. The highest BCUT2D eigenvalue weighted by atomic mass is 79.9. The molecule has 2 rings (SSSR count). The standard InChI is InChI=1S/C21H29BrN2O6/c1-20(2,3)29-18(27)23-9-10-24(19(28)30-21(4,5)6)16(12-23)14-11-13(17(25)26)7-8-15(14)22/h7-8,11,16H,9-10,12H2,1-6H3,(H,25,26). The molecule has 1 unspecified atom stereocenters. The van der Waals surface area contributed by atoms with Crippen molar-refractivity contribution in [2.24, 2.45) is 0 Å². The number of hydrogen-bond acceptors (Lipinski definition) is 5. The van der Waals surface area contributed by atoms with Crippen molar-refractivity contribution in [3.05, 3.63) is 33.8 Å². The molecule has 1 N–H and O–H groups in total. The summed E-state index contributed by atoms with van der Waals surface area (Å²) in [5.74, 6) is -1.08. The molecule has 1 fully saturated rings. The molecular weight excluding hydrogens is 456 g/mol. The van der Waals surface area contributed by atoms with Crippen LogP contribution in [0.25, 0.3) is 0 Å². The number of carboxylic acids is 1. The number of carbonyl (C=O) groups is 3. The maximum Gasteiger partial charge on any atom is 0.410 e. The first-order chi connectivity index (χ1) is 13.7. The van der Waals surface area contributed by atoms with Crippen LogP contribution >= 0.6 is 15.9 Å². The van der Waals surface area contributed by atoms with Crippen molar-refractivity contribution >= 4 is 34.1 Å². The van der Waals surface area contributed by atoms with Gasteiger partial charge in [0.2, 0.25) is 0 Å². The van der Waals surface area contributed by atoms with Crippen LogP contribution in [0.15, 0.2) is 22.7 Å². The Labute approximate surface area is 185 Å². The molecule has 166 valence electrons. The van der Waals surface area contributed by atoms with Gasteiger partial charge in [0, 0.05) is 24.1 Å². The maximum atomic E-state index is 12.9. The first-order valence-corrected chi connectivity index (χ1v) is 10.5. The number of benzene rings is 1. The van der Waals surface area contributed by atoms with E-state index in [1.807, 2.05) is 0 Å². The predicted octanol–water partition coefficient (Wildman–Crippen LogP) is 4.68. The molecule has 0 saturated carbocycles. The van der Waals surface area contributed by atoms with E-state index in [0.29, 0.717) is 10.0 Å². The highest BCUT2D eigenvalue weighted by Gasteiger charge is 2.38. The molecular formula is C21H29BrN2O6. The van der Waals surface area contributed by atoms with E-state index in [0.717, 1.165) is 0 Å². The molecule has 1 atom stereocenters. The lowest BCUT2D eigenvalue weighted by atomic mass is 10.0. The summed E-state index contributed by atoms with van der Waals surface area (Å²) in [6.45, 7) is 11.3. The summed E-state index contributed by atoms with van der Waals surface area (Å²) >= 11 is 3.45. The van der Waals surface area contributed by atoms with E-state index in [2.05, 4.69) is 15.9 Å². The Hall–Kier alpha value is -2.29. The second-order valence-corrected chi connectivity index (χ2v) is 10.0. The first kappa shape index (κ1) is 24.0. The Morgan fingerprint density at radius 1 is 1.00 bits per heavy atom. The van der Waals surface area contributed by atoms with Gasteiger partial charge >= 0.3 is 18.2 Å². The Kier molecular flexibility index (Phi) is 7.06. The first-order valence-electron chi connectivity index (χ1n) is 9.68. The quantitative estimate of drug-likeness (QED) is 0.654. The summed E-state index contributed by atoms with van der Waals surface area (Å²) in [4.78, 5) is 40.0. The van der Waals surface area contributed by atoms with Gasteiger partial charge in [-0.2, -0.15) is 0 Å². The summed E-state index contributed by atoms with van der Waals surface area (Å²) in [7, 11) is 0. The summed E-state index contributed by atoms with van der Waals surface area (Å²) in [5, 5.41) is 9.39. The molecule has 0 aromatic heterocycles. The number of amides is 2. The molecule has 1 aromatic carbocycles.